The van der Waals surface area contributed by atoms with Crippen LogP contribution in [0.1, 0.15) is 94.9 Å². The van der Waals surface area contributed by atoms with E-state index < -0.39 is 8.56 Å². The first-order chi connectivity index (χ1) is 10.7. The third-order valence-electron chi connectivity index (χ3n) is 6.40. The molecule has 0 aromatic carbocycles. The van der Waals surface area contributed by atoms with Gasteiger partial charge in [-0.3, -0.25) is 0 Å². The maximum atomic E-state index is 6.69. The van der Waals surface area contributed by atoms with Gasteiger partial charge in [0.25, 0.3) is 0 Å². The molecule has 0 unspecified atom stereocenters. The lowest BCUT2D eigenvalue weighted by Crippen LogP contribution is -2.62. The molecule has 0 saturated carbocycles. The van der Waals surface area contributed by atoms with Gasteiger partial charge in [0.05, 0.1) is 0 Å². The summed E-state index contributed by atoms with van der Waals surface area (Å²) in [7, 11) is -2.46. The SMILES string of the molecule is CCO[Si](OCC)(C(C)(C)C(CC)CC)C(C)(C)C(CC)CC. The molecule has 23 heavy (non-hydrogen) atoms. The molecule has 0 bridgehead atoms. The Hall–Kier alpha value is 0.137. The minimum atomic E-state index is -2.46. The van der Waals surface area contributed by atoms with Crippen LogP contribution in [0.5, 0.6) is 0 Å². The lowest BCUT2D eigenvalue weighted by atomic mass is 9.88. The second-order valence-electron chi connectivity index (χ2n) is 7.95. The van der Waals surface area contributed by atoms with Crippen molar-refractivity contribution in [1.29, 1.82) is 0 Å². The smallest absolute Gasteiger partial charge is 0.350 e. The molecule has 0 aliphatic rings. The molecule has 0 amide bonds. The van der Waals surface area contributed by atoms with Crippen LogP contribution < -0.4 is 0 Å². The molecule has 0 saturated heterocycles. The standard InChI is InChI=1S/C20H44O2Si/c1-11-17(12-2)19(7,8)23(21-15-5,22-16-6)20(9,10)18(13-3)14-4/h17-18H,11-16H2,1-10H3. The van der Waals surface area contributed by atoms with Crippen LogP contribution in [0.3, 0.4) is 0 Å². The third kappa shape index (κ3) is 4.22. The molecular formula is C20H44O2Si. The van der Waals surface area contributed by atoms with E-state index in [0.29, 0.717) is 11.8 Å². The van der Waals surface area contributed by atoms with Crippen molar-refractivity contribution in [3.63, 3.8) is 0 Å². The molecule has 0 aromatic heterocycles. The van der Waals surface area contributed by atoms with Crippen molar-refractivity contribution in [1.82, 2.24) is 0 Å². The van der Waals surface area contributed by atoms with E-state index in [9.17, 15) is 0 Å². The van der Waals surface area contributed by atoms with Crippen LogP contribution in [0, 0.1) is 11.8 Å². The summed E-state index contributed by atoms with van der Waals surface area (Å²) >= 11 is 0. The van der Waals surface area contributed by atoms with Crippen molar-refractivity contribution in [3.8, 4) is 0 Å². The van der Waals surface area contributed by atoms with Gasteiger partial charge in [-0.2, -0.15) is 0 Å². The molecule has 0 aliphatic heterocycles. The lowest BCUT2D eigenvalue weighted by Gasteiger charge is -2.56. The van der Waals surface area contributed by atoms with Gasteiger partial charge in [-0.1, -0.05) is 81.1 Å². The predicted octanol–water partition coefficient (Wildman–Crippen LogP) is 6.93. The Balaban J connectivity index is 6.28. The van der Waals surface area contributed by atoms with Gasteiger partial charge < -0.3 is 8.85 Å². The molecule has 0 radical (unpaired) electrons. The highest BCUT2D eigenvalue weighted by Crippen LogP contribution is 2.61. The van der Waals surface area contributed by atoms with E-state index in [1.807, 2.05) is 0 Å². The van der Waals surface area contributed by atoms with Gasteiger partial charge in [0, 0.05) is 23.3 Å². The van der Waals surface area contributed by atoms with E-state index in [1.54, 1.807) is 0 Å². The fourth-order valence-electron chi connectivity index (χ4n) is 5.18. The molecule has 0 fully saturated rings. The Bertz CT molecular complexity index is 286. The zero-order chi connectivity index (χ0) is 18.3. The first-order valence-electron chi connectivity index (χ1n) is 9.94. The van der Waals surface area contributed by atoms with E-state index in [4.69, 9.17) is 8.85 Å². The second-order valence-corrected chi connectivity index (χ2v) is 12.3. The van der Waals surface area contributed by atoms with Gasteiger partial charge >= 0.3 is 8.56 Å². The minimum absolute atomic E-state index is 0.0919. The Labute approximate surface area is 148 Å². The molecule has 2 nitrogen and oxygen atoms in total. The first kappa shape index (κ1) is 23.1. The van der Waals surface area contributed by atoms with Crippen LogP contribution in [-0.4, -0.2) is 21.8 Å². The maximum Gasteiger partial charge on any atom is 0.350 e. The molecular weight excluding hydrogens is 300 g/mol. The summed E-state index contributed by atoms with van der Waals surface area (Å²) in [5.41, 5.74) is 0. The summed E-state index contributed by atoms with van der Waals surface area (Å²) in [5, 5.41) is 0.184. The summed E-state index contributed by atoms with van der Waals surface area (Å²) in [5.74, 6) is 1.28. The Morgan fingerprint density at radius 2 is 0.870 bits per heavy atom. The molecule has 0 aromatic rings. The van der Waals surface area contributed by atoms with Crippen molar-refractivity contribution in [2.24, 2.45) is 11.8 Å². The summed E-state index contributed by atoms with van der Waals surface area (Å²) in [6, 6.07) is 0. The van der Waals surface area contributed by atoms with Gasteiger partial charge in [0.15, 0.2) is 0 Å². The van der Waals surface area contributed by atoms with Gasteiger partial charge in [0.1, 0.15) is 0 Å². The fourth-order valence-corrected chi connectivity index (χ4v) is 11.1. The van der Waals surface area contributed by atoms with Crippen LogP contribution in [0.2, 0.25) is 10.1 Å². The summed E-state index contributed by atoms with van der Waals surface area (Å²) in [4.78, 5) is 0. The lowest BCUT2D eigenvalue weighted by molar-refractivity contribution is 0.0975. The van der Waals surface area contributed by atoms with Crippen LogP contribution in [0.4, 0.5) is 0 Å². The average Bonchev–Trinajstić information content (AvgIpc) is 2.48. The first-order valence-corrected chi connectivity index (χ1v) is 11.8. The monoisotopic (exact) mass is 344 g/mol. The Morgan fingerprint density at radius 1 is 0.609 bits per heavy atom. The van der Waals surface area contributed by atoms with Crippen LogP contribution in [0.25, 0.3) is 0 Å². The molecule has 0 rings (SSSR count). The van der Waals surface area contributed by atoms with Crippen molar-refractivity contribution in [3.05, 3.63) is 0 Å². The van der Waals surface area contributed by atoms with Crippen LogP contribution in [-0.2, 0) is 8.85 Å². The topological polar surface area (TPSA) is 18.5 Å². The highest BCUT2D eigenvalue weighted by molar-refractivity contribution is 6.73. The number of rotatable bonds is 12. The molecule has 0 atom stereocenters. The van der Waals surface area contributed by atoms with Gasteiger partial charge in [-0.05, 0) is 25.7 Å². The Morgan fingerprint density at radius 3 is 1.04 bits per heavy atom. The summed E-state index contributed by atoms with van der Waals surface area (Å²) in [6.45, 7) is 24.7. The molecule has 3 heteroatoms. The van der Waals surface area contributed by atoms with Crippen molar-refractivity contribution in [2.75, 3.05) is 13.2 Å². The molecule has 0 spiro atoms. The maximum absolute atomic E-state index is 6.69. The van der Waals surface area contributed by atoms with E-state index >= 15 is 0 Å². The van der Waals surface area contributed by atoms with Crippen molar-refractivity contribution in [2.45, 2.75) is 105 Å². The van der Waals surface area contributed by atoms with Crippen LogP contribution >= 0.6 is 0 Å². The fraction of sp³-hybridized carbons (Fsp3) is 1.00. The molecule has 0 N–H and O–H groups in total. The van der Waals surface area contributed by atoms with Crippen molar-refractivity contribution < 1.29 is 8.85 Å². The molecule has 0 heterocycles. The summed E-state index contributed by atoms with van der Waals surface area (Å²) in [6.07, 6.45) is 4.77. The second kappa shape index (κ2) is 9.58. The normalized spacial score (nSPS) is 14.1. The largest absolute Gasteiger partial charge is 0.394 e. The molecule has 140 valence electrons. The zero-order valence-corrected chi connectivity index (χ0v) is 18.7. The Kier molecular flexibility index (Phi) is 9.63. The minimum Gasteiger partial charge on any atom is -0.394 e. The third-order valence-corrected chi connectivity index (χ3v) is 12.0. The van der Waals surface area contributed by atoms with Gasteiger partial charge in [-0.15, -0.1) is 0 Å². The molecule has 0 aliphatic carbocycles. The quantitative estimate of drug-likeness (QED) is 0.357. The van der Waals surface area contributed by atoms with Crippen LogP contribution in [0.15, 0.2) is 0 Å². The van der Waals surface area contributed by atoms with Gasteiger partial charge in [0.2, 0.25) is 0 Å². The van der Waals surface area contributed by atoms with E-state index in [-0.39, 0.29) is 10.1 Å². The van der Waals surface area contributed by atoms with Crippen molar-refractivity contribution >= 4 is 8.56 Å². The number of hydrogen-bond acceptors (Lipinski definition) is 2. The zero-order valence-electron chi connectivity index (χ0n) is 17.7. The van der Waals surface area contributed by atoms with E-state index in [1.165, 1.54) is 25.7 Å². The van der Waals surface area contributed by atoms with E-state index in [2.05, 4.69) is 69.2 Å². The van der Waals surface area contributed by atoms with E-state index in [0.717, 1.165) is 13.2 Å². The highest BCUT2D eigenvalue weighted by atomic mass is 28.4. The predicted molar refractivity (Wildman–Crippen MR) is 105 cm³/mol. The number of hydrogen-bond donors (Lipinski definition) is 0. The summed E-state index contributed by atoms with van der Waals surface area (Å²) < 4.78 is 13.4. The van der Waals surface area contributed by atoms with Gasteiger partial charge in [-0.25, -0.2) is 0 Å². The highest BCUT2D eigenvalue weighted by Gasteiger charge is 2.64. The average molecular weight is 345 g/mol.